The first-order valence-electron chi connectivity index (χ1n) is 4.91. The van der Waals surface area contributed by atoms with Crippen LogP contribution in [0.5, 0.6) is 0 Å². The van der Waals surface area contributed by atoms with Crippen LogP contribution in [0.2, 0.25) is 0 Å². The van der Waals surface area contributed by atoms with Gasteiger partial charge in [-0.2, -0.15) is 0 Å². The molecule has 2 saturated carbocycles. The monoisotopic (exact) mass is 197 g/mol. The molecule has 0 amide bonds. The number of hydrogen-bond donors (Lipinski definition) is 2. The van der Waals surface area contributed by atoms with E-state index in [-0.39, 0.29) is 5.41 Å². The van der Waals surface area contributed by atoms with Crippen LogP contribution >= 0.6 is 0 Å². The Kier molecular flexibility index (Phi) is 1.69. The Morgan fingerprint density at radius 3 is 2.57 bits per heavy atom. The Labute approximate surface area is 82.6 Å². The summed E-state index contributed by atoms with van der Waals surface area (Å²) in [6.45, 7) is 3.94. The summed E-state index contributed by atoms with van der Waals surface area (Å²) in [5.41, 5.74) is -0.724. The van der Waals surface area contributed by atoms with E-state index in [9.17, 15) is 9.90 Å². The van der Waals surface area contributed by atoms with Crippen LogP contribution in [0.15, 0.2) is 5.16 Å². The van der Waals surface area contributed by atoms with Crippen molar-refractivity contribution in [3.8, 4) is 0 Å². The van der Waals surface area contributed by atoms with Crippen molar-refractivity contribution in [2.75, 3.05) is 0 Å². The number of carboxylic acids is 1. The van der Waals surface area contributed by atoms with Gasteiger partial charge in [-0.25, -0.2) is 0 Å². The van der Waals surface area contributed by atoms with Crippen molar-refractivity contribution < 1.29 is 15.1 Å². The highest BCUT2D eigenvalue weighted by molar-refractivity contribution is 6.09. The van der Waals surface area contributed by atoms with Gasteiger partial charge < -0.3 is 10.3 Å². The van der Waals surface area contributed by atoms with E-state index in [4.69, 9.17) is 5.21 Å². The molecular weight excluding hydrogens is 182 g/mol. The third-order valence-corrected chi connectivity index (χ3v) is 4.41. The number of rotatable bonds is 1. The van der Waals surface area contributed by atoms with Gasteiger partial charge in [-0.15, -0.1) is 0 Å². The number of hydrogen-bond acceptors (Lipinski definition) is 3. The van der Waals surface area contributed by atoms with Crippen LogP contribution < -0.4 is 0 Å². The van der Waals surface area contributed by atoms with Gasteiger partial charge in [0.05, 0.1) is 5.71 Å². The van der Waals surface area contributed by atoms with Crippen molar-refractivity contribution in [3.05, 3.63) is 0 Å². The minimum Gasteiger partial charge on any atom is -0.481 e. The lowest BCUT2D eigenvalue weighted by atomic mass is 9.69. The van der Waals surface area contributed by atoms with Crippen LogP contribution in [0.3, 0.4) is 0 Å². The highest BCUT2D eigenvalue weighted by atomic mass is 16.4. The van der Waals surface area contributed by atoms with Crippen molar-refractivity contribution in [3.63, 3.8) is 0 Å². The maximum absolute atomic E-state index is 11.4. The van der Waals surface area contributed by atoms with Crippen LogP contribution in [-0.2, 0) is 4.79 Å². The summed E-state index contributed by atoms with van der Waals surface area (Å²) in [7, 11) is 0. The molecule has 14 heavy (non-hydrogen) atoms. The highest BCUT2D eigenvalue weighted by Crippen LogP contribution is 2.64. The predicted octanol–water partition coefficient (Wildman–Crippen LogP) is 1.73. The van der Waals surface area contributed by atoms with Gasteiger partial charge in [-0.3, -0.25) is 4.79 Å². The largest absolute Gasteiger partial charge is 0.481 e. The summed E-state index contributed by atoms with van der Waals surface area (Å²) in [6, 6.07) is 0. The van der Waals surface area contributed by atoms with Crippen molar-refractivity contribution in [2.45, 2.75) is 33.1 Å². The molecule has 0 radical (unpaired) electrons. The SMILES string of the molecule is CC1(C)[C@H]2CC[C@@]1(C(=O)O)/C(=N\O)C2. The number of fused-ring (bicyclic) bond motifs is 2. The van der Waals surface area contributed by atoms with Crippen molar-refractivity contribution >= 4 is 11.7 Å². The lowest BCUT2D eigenvalue weighted by Gasteiger charge is -2.33. The number of carboxylic acid groups (broad SMARTS) is 1. The summed E-state index contributed by atoms with van der Waals surface area (Å²) in [5.74, 6) is -0.486. The zero-order valence-electron chi connectivity index (χ0n) is 8.45. The molecule has 0 aliphatic heterocycles. The molecule has 0 aromatic heterocycles. The van der Waals surface area contributed by atoms with E-state index in [1.165, 1.54) is 0 Å². The first-order valence-corrected chi connectivity index (χ1v) is 4.91. The predicted molar refractivity (Wildman–Crippen MR) is 50.4 cm³/mol. The molecule has 0 aromatic carbocycles. The quantitative estimate of drug-likeness (QED) is 0.496. The average Bonchev–Trinajstić information content (AvgIpc) is 2.51. The molecule has 4 heteroatoms. The second-order valence-electron chi connectivity index (χ2n) is 4.92. The van der Waals surface area contributed by atoms with E-state index >= 15 is 0 Å². The van der Waals surface area contributed by atoms with E-state index in [0.717, 1.165) is 6.42 Å². The molecule has 0 saturated heterocycles. The molecule has 4 nitrogen and oxygen atoms in total. The molecule has 2 N–H and O–H groups in total. The van der Waals surface area contributed by atoms with Crippen LogP contribution in [-0.4, -0.2) is 22.0 Å². The first-order chi connectivity index (χ1) is 6.46. The normalized spacial score (nSPS) is 41.9. The Morgan fingerprint density at radius 1 is 1.57 bits per heavy atom. The molecule has 2 rings (SSSR count). The number of carbonyl (C=O) groups is 1. The highest BCUT2D eigenvalue weighted by Gasteiger charge is 2.67. The zero-order chi connectivity index (χ0) is 10.6. The second kappa shape index (κ2) is 2.49. The Bertz CT molecular complexity index is 321. The van der Waals surface area contributed by atoms with Gasteiger partial charge in [0.1, 0.15) is 5.41 Å². The maximum Gasteiger partial charge on any atom is 0.316 e. The van der Waals surface area contributed by atoms with Gasteiger partial charge in [-0.05, 0) is 30.6 Å². The van der Waals surface area contributed by atoms with Crippen molar-refractivity contribution in [1.29, 1.82) is 0 Å². The summed E-state index contributed by atoms with van der Waals surface area (Å²) >= 11 is 0. The van der Waals surface area contributed by atoms with Gasteiger partial charge in [0, 0.05) is 0 Å². The Hall–Kier alpha value is -1.06. The minimum atomic E-state index is -0.910. The topological polar surface area (TPSA) is 69.9 Å². The molecule has 2 fully saturated rings. The molecule has 2 aliphatic rings. The summed E-state index contributed by atoms with van der Waals surface area (Å²) in [6.07, 6.45) is 2.17. The van der Waals surface area contributed by atoms with Gasteiger partial charge in [-0.1, -0.05) is 19.0 Å². The molecule has 0 heterocycles. The standard InChI is InChI=1S/C10H15NO3/c1-9(2)6-3-4-10(9,8(12)13)7(5-6)11-14/h6,14H,3-5H2,1-2H3,(H,12,13)/b11-7-/t6-,10-/m0/s1. The third kappa shape index (κ3) is 0.751. The van der Waals surface area contributed by atoms with Crippen LogP contribution in [0.1, 0.15) is 33.1 Å². The fourth-order valence-electron chi connectivity index (χ4n) is 3.34. The smallest absolute Gasteiger partial charge is 0.316 e. The van der Waals surface area contributed by atoms with E-state index < -0.39 is 11.4 Å². The lowest BCUT2D eigenvalue weighted by Crippen LogP contribution is -2.43. The summed E-state index contributed by atoms with van der Waals surface area (Å²) in [5, 5.41) is 21.4. The van der Waals surface area contributed by atoms with Gasteiger partial charge in [0.15, 0.2) is 0 Å². The first kappa shape index (κ1) is 9.49. The van der Waals surface area contributed by atoms with Crippen LogP contribution in [0.4, 0.5) is 0 Å². The molecule has 0 spiro atoms. The van der Waals surface area contributed by atoms with Crippen LogP contribution in [0, 0.1) is 16.7 Å². The van der Waals surface area contributed by atoms with Crippen LogP contribution in [0.25, 0.3) is 0 Å². The summed E-state index contributed by atoms with van der Waals surface area (Å²) < 4.78 is 0. The maximum atomic E-state index is 11.4. The zero-order valence-corrected chi connectivity index (χ0v) is 8.45. The van der Waals surface area contributed by atoms with Gasteiger partial charge >= 0.3 is 5.97 Å². The van der Waals surface area contributed by atoms with Crippen molar-refractivity contribution in [1.82, 2.24) is 0 Å². The number of aliphatic carboxylic acids is 1. The lowest BCUT2D eigenvalue weighted by molar-refractivity contribution is -0.148. The molecular formula is C10H15NO3. The number of nitrogens with zero attached hydrogens (tertiary/aromatic N) is 1. The molecule has 2 atom stereocenters. The van der Waals surface area contributed by atoms with Crippen molar-refractivity contribution in [2.24, 2.45) is 21.9 Å². The van der Waals surface area contributed by atoms with E-state index in [1.54, 1.807) is 0 Å². The number of oxime groups is 1. The van der Waals surface area contributed by atoms with Gasteiger partial charge in [0.2, 0.25) is 0 Å². The third-order valence-electron chi connectivity index (χ3n) is 4.41. The minimum absolute atomic E-state index is 0.277. The average molecular weight is 197 g/mol. The molecule has 78 valence electrons. The fourth-order valence-corrected chi connectivity index (χ4v) is 3.34. The molecule has 2 aliphatic carbocycles. The van der Waals surface area contributed by atoms with Gasteiger partial charge in [0.25, 0.3) is 0 Å². The molecule has 2 bridgehead atoms. The molecule has 0 unspecified atom stereocenters. The Balaban J connectivity index is 2.57. The molecule has 0 aromatic rings. The van der Waals surface area contributed by atoms with E-state index in [0.29, 0.717) is 24.5 Å². The second-order valence-corrected chi connectivity index (χ2v) is 4.92. The Morgan fingerprint density at radius 2 is 2.21 bits per heavy atom. The summed E-state index contributed by atoms with van der Waals surface area (Å²) in [4.78, 5) is 11.4. The van der Waals surface area contributed by atoms with E-state index in [2.05, 4.69) is 5.16 Å². The van der Waals surface area contributed by atoms with E-state index in [1.807, 2.05) is 13.8 Å². The fraction of sp³-hybridized carbons (Fsp3) is 0.800.